The van der Waals surface area contributed by atoms with E-state index in [2.05, 4.69) is 24.3 Å². The number of Topliss-reactive ketones (excluding diaryl/α,β-unsaturated/α-hetero) is 2. The molecule has 2 aromatic carbocycles. The SMILES string of the molecule is CN(C)[C@@H]1C(=O)C(C(N)=O)=C(O)[C@@]2(O)C(=O)C3=C(O)c4c(O)ccc(CC5CCC(Cc6ccccc6)CC5)c4C[C@H]3C[C@@H]12. The predicted molar refractivity (Wildman–Crippen MR) is 164 cm³/mol. The average molecular weight is 601 g/mol. The maximum atomic E-state index is 14.0. The second kappa shape index (κ2) is 11.2. The third-order valence-corrected chi connectivity index (χ3v) is 10.5. The number of aromatic hydroxyl groups is 1. The largest absolute Gasteiger partial charge is 0.508 e. The Bertz CT molecular complexity index is 1590. The van der Waals surface area contributed by atoms with Crippen molar-refractivity contribution >= 4 is 23.2 Å². The molecular weight excluding hydrogens is 560 g/mol. The van der Waals surface area contributed by atoms with Crippen LogP contribution in [-0.2, 0) is 33.6 Å². The molecule has 6 rings (SSSR count). The van der Waals surface area contributed by atoms with Crippen molar-refractivity contribution in [2.24, 2.45) is 29.4 Å². The van der Waals surface area contributed by atoms with Crippen LogP contribution >= 0.6 is 0 Å². The lowest BCUT2D eigenvalue weighted by molar-refractivity contribution is -0.153. The zero-order valence-corrected chi connectivity index (χ0v) is 25.1. The Morgan fingerprint density at radius 3 is 2.20 bits per heavy atom. The normalized spacial score (nSPS) is 30.2. The Morgan fingerprint density at radius 2 is 1.59 bits per heavy atom. The van der Waals surface area contributed by atoms with Crippen LogP contribution in [0.15, 0.2) is 59.4 Å². The number of likely N-dealkylation sites (N-methyl/N-ethyl adjacent to an activating group) is 1. The van der Waals surface area contributed by atoms with Crippen LogP contribution in [0, 0.1) is 23.7 Å². The first-order chi connectivity index (χ1) is 20.9. The van der Waals surface area contributed by atoms with E-state index in [0.29, 0.717) is 18.3 Å². The third-order valence-electron chi connectivity index (χ3n) is 10.5. The topological polar surface area (TPSA) is 161 Å². The highest BCUT2D eigenvalue weighted by atomic mass is 16.3. The van der Waals surface area contributed by atoms with Gasteiger partial charge in [0.05, 0.1) is 11.6 Å². The summed E-state index contributed by atoms with van der Waals surface area (Å²) in [5.41, 5.74) is 5.14. The van der Waals surface area contributed by atoms with Crippen molar-refractivity contribution in [3.05, 3.63) is 81.6 Å². The minimum absolute atomic E-state index is 0.0887. The maximum absolute atomic E-state index is 14.0. The highest BCUT2D eigenvalue weighted by Gasteiger charge is 2.64. The van der Waals surface area contributed by atoms with E-state index in [0.717, 1.165) is 49.7 Å². The van der Waals surface area contributed by atoms with E-state index in [9.17, 15) is 34.8 Å². The summed E-state index contributed by atoms with van der Waals surface area (Å²) in [6, 6.07) is 12.9. The van der Waals surface area contributed by atoms with Gasteiger partial charge in [0.2, 0.25) is 5.78 Å². The van der Waals surface area contributed by atoms with Crippen molar-refractivity contribution in [3.63, 3.8) is 0 Å². The van der Waals surface area contributed by atoms with E-state index in [1.165, 1.54) is 16.5 Å². The fraction of sp³-hybridized carbons (Fsp3) is 0.457. The molecule has 0 saturated heterocycles. The van der Waals surface area contributed by atoms with Crippen molar-refractivity contribution in [3.8, 4) is 5.75 Å². The predicted octanol–water partition coefficient (Wildman–Crippen LogP) is 3.56. The number of aliphatic hydroxyl groups excluding tert-OH is 2. The Labute approximate surface area is 256 Å². The number of rotatable bonds is 6. The minimum atomic E-state index is -2.63. The molecule has 4 atom stereocenters. The van der Waals surface area contributed by atoms with Gasteiger partial charge in [0.25, 0.3) is 5.91 Å². The van der Waals surface area contributed by atoms with Gasteiger partial charge in [-0.2, -0.15) is 0 Å². The van der Waals surface area contributed by atoms with Crippen LogP contribution < -0.4 is 5.73 Å². The molecule has 1 amide bonds. The zero-order valence-electron chi connectivity index (χ0n) is 25.1. The number of carbonyl (C=O) groups is 3. The van der Waals surface area contributed by atoms with Crippen LogP contribution in [0.5, 0.6) is 5.75 Å². The van der Waals surface area contributed by atoms with Crippen LogP contribution in [0.3, 0.4) is 0 Å². The first kappa shape index (κ1) is 30.1. The molecule has 9 heteroatoms. The molecule has 4 aliphatic carbocycles. The summed E-state index contributed by atoms with van der Waals surface area (Å²) in [6.07, 6.45) is 6.70. The molecule has 0 unspecified atom stereocenters. The molecule has 6 N–H and O–H groups in total. The van der Waals surface area contributed by atoms with Gasteiger partial charge in [0.15, 0.2) is 11.4 Å². The number of phenols is 1. The van der Waals surface area contributed by atoms with Crippen molar-refractivity contribution in [2.45, 2.75) is 63.0 Å². The van der Waals surface area contributed by atoms with Crippen LogP contribution in [0.25, 0.3) is 5.76 Å². The number of carbonyl (C=O) groups excluding carboxylic acids is 3. The van der Waals surface area contributed by atoms with E-state index < -0.39 is 58.0 Å². The quantitative estimate of drug-likeness (QED) is 0.315. The number of hydrogen-bond donors (Lipinski definition) is 5. The number of hydrogen-bond acceptors (Lipinski definition) is 8. The molecular formula is C35H40N2O7. The van der Waals surface area contributed by atoms with Crippen LogP contribution in [-0.4, -0.2) is 68.5 Å². The number of ketones is 2. The zero-order chi connectivity index (χ0) is 31.5. The number of benzene rings is 2. The molecule has 0 aromatic heterocycles. The highest BCUT2D eigenvalue weighted by Crippen LogP contribution is 2.53. The molecule has 0 heterocycles. The monoisotopic (exact) mass is 600 g/mol. The number of primary amides is 1. The fourth-order valence-electron chi connectivity index (χ4n) is 8.40. The molecule has 9 nitrogen and oxygen atoms in total. The Hall–Kier alpha value is -3.95. The van der Waals surface area contributed by atoms with Gasteiger partial charge in [-0.25, -0.2) is 0 Å². The lowest BCUT2D eigenvalue weighted by atomic mass is 9.57. The summed E-state index contributed by atoms with van der Waals surface area (Å²) in [7, 11) is 3.19. The van der Waals surface area contributed by atoms with E-state index in [1.807, 2.05) is 12.1 Å². The summed E-state index contributed by atoms with van der Waals surface area (Å²) >= 11 is 0. The van der Waals surface area contributed by atoms with Gasteiger partial charge in [-0.1, -0.05) is 36.4 Å². The van der Waals surface area contributed by atoms with Gasteiger partial charge in [-0.05, 0) is 106 Å². The van der Waals surface area contributed by atoms with Gasteiger partial charge < -0.3 is 26.2 Å². The van der Waals surface area contributed by atoms with Crippen molar-refractivity contribution in [1.82, 2.24) is 4.90 Å². The number of nitrogens with zero attached hydrogens (tertiary/aromatic N) is 1. The molecule has 2 fully saturated rings. The number of nitrogens with two attached hydrogens (primary N) is 1. The van der Waals surface area contributed by atoms with Gasteiger partial charge in [-0.15, -0.1) is 0 Å². The van der Waals surface area contributed by atoms with E-state index in [-0.39, 0.29) is 23.3 Å². The molecule has 2 saturated carbocycles. The summed E-state index contributed by atoms with van der Waals surface area (Å²) in [5, 5.41) is 45.2. The number of fused-ring (bicyclic) bond motifs is 3. The van der Waals surface area contributed by atoms with Crippen molar-refractivity contribution in [1.29, 1.82) is 0 Å². The molecule has 0 aliphatic heterocycles. The van der Waals surface area contributed by atoms with Crippen molar-refractivity contribution < 1.29 is 34.8 Å². The van der Waals surface area contributed by atoms with E-state index in [1.54, 1.807) is 14.1 Å². The molecule has 44 heavy (non-hydrogen) atoms. The minimum Gasteiger partial charge on any atom is -0.508 e. The second-order valence-electron chi connectivity index (χ2n) is 13.3. The molecule has 2 aromatic rings. The lowest BCUT2D eigenvalue weighted by Crippen LogP contribution is -2.65. The summed E-state index contributed by atoms with van der Waals surface area (Å²) in [6.45, 7) is 0. The van der Waals surface area contributed by atoms with Crippen LogP contribution in [0.4, 0.5) is 0 Å². The van der Waals surface area contributed by atoms with Crippen LogP contribution in [0.1, 0.15) is 54.4 Å². The van der Waals surface area contributed by atoms with Gasteiger partial charge in [0.1, 0.15) is 22.8 Å². The lowest BCUT2D eigenvalue weighted by Gasteiger charge is -2.50. The highest BCUT2D eigenvalue weighted by molar-refractivity contribution is 6.24. The summed E-state index contributed by atoms with van der Waals surface area (Å²) in [5.74, 6) is -5.23. The Morgan fingerprint density at radius 1 is 0.955 bits per heavy atom. The number of phenolic OH excluding ortho intramolecular Hbond substituents is 1. The number of aliphatic hydroxyl groups is 3. The van der Waals surface area contributed by atoms with E-state index >= 15 is 0 Å². The van der Waals surface area contributed by atoms with Crippen molar-refractivity contribution in [2.75, 3.05) is 14.1 Å². The molecule has 0 radical (unpaired) electrons. The molecule has 0 bridgehead atoms. The smallest absolute Gasteiger partial charge is 0.255 e. The Kier molecular flexibility index (Phi) is 7.66. The first-order valence-corrected chi connectivity index (χ1v) is 15.5. The summed E-state index contributed by atoms with van der Waals surface area (Å²) in [4.78, 5) is 41.0. The molecule has 4 aliphatic rings. The Balaban J connectivity index is 1.31. The maximum Gasteiger partial charge on any atom is 0.255 e. The van der Waals surface area contributed by atoms with Gasteiger partial charge in [0, 0.05) is 11.5 Å². The van der Waals surface area contributed by atoms with Crippen LogP contribution in [0.2, 0.25) is 0 Å². The fourth-order valence-corrected chi connectivity index (χ4v) is 8.40. The van der Waals surface area contributed by atoms with Gasteiger partial charge >= 0.3 is 0 Å². The summed E-state index contributed by atoms with van der Waals surface area (Å²) < 4.78 is 0. The van der Waals surface area contributed by atoms with E-state index in [4.69, 9.17) is 5.73 Å². The standard InChI is InChI=1S/C35H40N2O7/c1-37(2)29-24-17-22-16-23-21(15-20-10-8-19(9-11-20)14-18-6-4-3-5-7-18)12-13-25(38)27(23)30(39)26(22)32(41)35(24,44)33(42)28(31(29)40)34(36)43/h3-7,12-13,19-20,22,24,29,38-39,42,44H,8-11,14-17H2,1-2H3,(H2,36,43)/t19?,20?,22-,24-,29-,35-/m0/s1. The van der Waals surface area contributed by atoms with Gasteiger partial charge in [-0.3, -0.25) is 19.3 Å². The average Bonchev–Trinajstić information content (AvgIpc) is 2.97. The second-order valence-corrected chi connectivity index (χ2v) is 13.3. The molecule has 232 valence electrons. The number of amides is 1. The third kappa shape index (κ3) is 4.73. The first-order valence-electron chi connectivity index (χ1n) is 15.5. The molecule has 0 spiro atoms.